The summed E-state index contributed by atoms with van der Waals surface area (Å²) in [6, 6.07) is 11.9. The molecular formula is C23H29Cl2N3O4S. The molecule has 180 valence electrons. The van der Waals surface area contributed by atoms with Gasteiger partial charge in [-0.3, -0.25) is 9.69 Å². The van der Waals surface area contributed by atoms with Crippen molar-refractivity contribution in [2.75, 3.05) is 40.3 Å². The molecule has 1 amide bonds. The average molecular weight is 514 g/mol. The van der Waals surface area contributed by atoms with Gasteiger partial charge < -0.3 is 10.1 Å². The Balaban J connectivity index is 1.36. The quantitative estimate of drug-likeness (QED) is 0.517. The molecular weight excluding hydrogens is 485 g/mol. The second-order valence-electron chi connectivity index (χ2n) is 8.20. The molecule has 2 aromatic rings. The van der Waals surface area contributed by atoms with Gasteiger partial charge >= 0.3 is 0 Å². The van der Waals surface area contributed by atoms with E-state index in [2.05, 4.69) is 10.2 Å². The highest BCUT2D eigenvalue weighted by Crippen LogP contribution is 2.25. The number of ether oxygens (including phenoxy) is 1. The van der Waals surface area contributed by atoms with E-state index in [4.69, 9.17) is 27.9 Å². The summed E-state index contributed by atoms with van der Waals surface area (Å²) in [6.07, 6.45) is 1.60. The molecule has 0 atom stereocenters. The molecule has 0 aliphatic carbocycles. The summed E-state index contributed by atoms with van der Waals surface area (Å²) in [4.78, 5) is 15.0. The van der Waals surface area contributed by atoms with Gasteiger partial charge in [0.15, 0.2) is 0 Å². The minimum absolute atomic E-state index is 0.00872. The molecule has 1 saturated heterocycles. The Bertz CT molecular complexity index is 1050. The Labute approximate surface area is 205 Å². The maximum atomic E-state index is 12.5. The van der Waals surface area contributed by atoms with Gasteiger partial charge in [-0.05, 0) is 67.9 Å². The number of amides is 1. The summed E-state index contributed by atoms with van der Waals surface area (Å²) in [5.74, 6) is 0.586. The molecule has 7 nitrogen and oxygen atoms in total. The fraction of sp³-hybridized carbons (Fsp3) is 0.435. The Morgan fingerprint density at radius 2 is 1.76 bits per heavy atom. The monoisotopic (exact) mass is 513 g/mol. The van der Waals surface area contributed by atoms with Gasteiger partial charge in [0, 0.05) is 26.6 Å². The van der Waals surface area contributed by atoms with Gasteiger partial charge in [0.05, 0.1) is 21.5 Å². The number of nitrogens with zero attached hydrogens (tertiary/aromatic N) is 2. The van der Waals surface area contributed by atoms with Crippen LogP contribution in [0.3, 0.4) is 0 Å². The van der Waals surface area contributed by atoms with E-state index in [1.807, 2.05) is 18.2 Å². The topological polar surface area (TPSA) is 79.0 Å². The summed E-state index contributed by atoms with van der Waals surface area (Å²) < 4.78 is 31.0. The van der Waals surface area contributed by atoms with E-state index in [9.17, 15) is 13.2 Å². The summed E-state index contributed by atoms with van der Waals surface area (Å²) in [5, 5.41) is 4.04. The number of sulfonamides is 1. The van der Waals surface area contributed by atoms with Crippen LogP contribution in [0.1, 0.15) is 18.4 Å². The van der Waals surface area contributed by atoms with Gasteiger partial charge in [-0.15, -0.1) is 0 Å². The van der Waals surface area contributed by atoms with E-state index in [1.54, 1.807) is 12.1 Å². The van der Waals surface area contributed by atoms with Crippen LogP contribution >= 0.6 is 23.2 Å². The SMILES string of the molecule is CN(C)S(=O)(=O)c1ccc(OCCNC(=O)C2CCN(Cc3ccc(Cl)c(Cl)c3)CC2)cc1. The van der Waals surface area contributed by atoms with Crippen LogP contribution in [0.5, 0.6) is 5.75 Å². The van der Waals surface area contributed by atoms with Crippen molar-refractivity contribution >= 4 is 39.1 Å². The third kappa shape index (κ3) is 7.07. The fourth-order valence-electron chi connectivity index (χ4n) is 3.66. The van der Waals surface area contributed by atoms with Crippen LogP contribution in [0.4, 0.5) is 0 Å². The number of rotatable bonds is 9. The van der Waals surface area contributed by atoms with Crippen LogP contribution in [-0.4, -0.2) is 63.9 Å². The lowest BCUT2D eigenvalue weighted by Gasteiger charge is -2.31. The molecule has 1 fully saturated rings. The van der Waals surface area contributed by atoms with Crippen LogP contribution in [-0.2, 0) is 21.4 Å². The maximum Gasteiger partial charge on any atom is 0.242 e. The molecule has 0 saturated carbocycles. The molecule has 0 bridgehead atoms. The molecule has 33 heavy (non-hydrogen) atoms. The molecule has 1 heterocycles. The lowest BCUT2D eigenvalue weighted by atomic mass is 9.95. The van der Waals surface area contributed by atoms with Gasteiger partial charge in [0.2, 0.25) is 15.9 Å². The third-order valence-corrected chi connectivity index (χ3v) is 8.19. The van der Waals surface area contributed by atoms with Crippen LogP contribution in [0.15, 0.2) is 47.4 Å². The Morgan fingerprint density at radius 3 is 2.36 bits per heavy atom. The summed E-state index contributed by atoms with van der Waals surface area (Å²) >= 11 is 12.1. The number of likely N-dealkylation sites (tertiary alicyclic amines) is 1. The smallest absolute Gasteiger partial charge is 0.242 e. The van der Waals surface area contributed by atoms with Gasteiger partial charge in [-0.2, -0.15) is 0 Å². The van der Waals surface area contributed by atoms with Crippen LogP contribution in [0.2, 0.25) is 10.0 Å². The maximum absolute atomic E-state index is 12.5. The van der Waals surface area contributed by atoms with E-state index in [-0.39, 0.29) is 16.7 Å². The van der Waals surface area contributed by atoms with E-state index in [0.717, 1.165) is 42.3 Å². The highest BCUT2D eigenvalue weighted by molar-refractivity contribution is 7.89. The molecule has 1 N–H and O–H groups in total. The Kier molecular flexibility index (Phi) is 9.01. The largest absolute Gasteiger partial charge is 0.492 e. The predicted molar refractivity (Wildman–Crippen MR) is 130 cm³/mol. The standard InChI is InChI=1S/C23H29Cl2N3O4S/c1-27(2)33(30,31)20-6-4-19(5-7-20)32-14-11-26-23(29)18-9-12-28(13-10-18)16-17-3-8-21(24)22(25)15-17/h3-8,15,18H,9-14,16H2,1-2H3,(H,26,29). The first-order valence-electron chi connectivity index (χ1n) is 10.8. The first-order chi connectivity index (χ1) is 15.7. The number of halogens is 2. The summed E-state index contributed by atoms with van der Waals surface area (Å²) in [5.41, 5.74) is 1.11. The first-order valence-corrected chi connectivity index (χ1v) is 13.0. The van der Waals surface area contributed by atoms with Gasteiger partial charge in [0.25, 0.3) is 0 Å². The number of hydrogen-bond acceptors (Lipinski definition) is 5. The number of hydrogen-bond donors (Lipinski definition) is 1. The molecule has 0 spiro atoms. The van der Waals surface area contributed by atoms with E-state index >= 15 is 0 Å². The molecule has 3 rings (SSSR count). The van der Waals surface area contributed by atoms with Gasteiger partial charge in [-0.1, -0.05) is 29.3 Å². The molecule has 1 aliphatic rings. The molecule has 2 aromatic carbocycles. The zero-order valence-electron chi connectivity index (χ0n) is 18.8. The van der Waals surface area contributed by atoms with Crippen LogP contribution in [0.25, 0.3) is 0 Å². The number of carbonyl (C=O) groups excluding carboxylic acids is 1. The van der Waals surface area contributed by atoms with Crippen molar-refractivity contribution in [3.05, 3.63) is 58.1 Å². The first kappa shape index (κ1) is 25.8. The zero-order valence-corrected chi connectivity index (χ0v) is 21.1. The second kappa shape index (κ2) is 11.5. The minimum atomic E-state index is -3.46. The van der Waals surface area contributed by atoms with Crippen molar-refractivity contribution < 1.29 is 17.9 Å². The van der Waals surface area contributed by atoms with E-state index < -0.39 is 10.0 Å². The van der Waals surface area contributed by atoms with Crippen molar-refractivity contribution in [2.45, 2.75) is 24.3 Å². The zero-order chi connectivity index (χ0) is 24.0. The highest BCUT2D eigenvalue weighted by atomic mass is 35.5. The van der Waals surface area contributed by atoms with Crippen molar-refractivity contribution in [3.63, 3.8) is 0 Å². The van der Waals surface area contributed by atoms with Crippen molar-refractivity contribution in [1.82, 2.24) is 14.5 Å². The number of nitrogens with one attached hydrogen (secondary N) is 1. The van der Waals surface area contributed by atoms with E-state index in [1.165, 1.54) is 26.2 Å². The van der Waals surface area contributed by atoms with Crippen molar-refractivity contribution in [3.8, 4) is 5.75 Å². The Hall–Kier alpha value is -1.84. The van der Waals surface area contributed by atoms with Crippen molar-refractivity contribution in [2.24, 2.45) is 5.92 Å². The van der Waals surface area contributed by atoms with E-state index in [0.29, 0.717) is 28.9 Å². The number of piperidine rings is 1. The molecule has 0 radical (unpaired) electrons. The summed E-state index contributed by atoms with van der Waals surface area (Å²) in [7, 11) is -0.486. The molecule has 10 heteroatoms. The second-order valence-corrected chi connectivity index (χ2v) is 11.2. The fourth-order valence-corrected chi connectivity index (χ4v) is 4.88. The summed E-state index contributed by atoms with van der Waals surface area (Å²) in [6.45, 7) is 3.17. The third-order valence-electron chi connectivity index (χ3n) is 5.62. The molecule has 0 aromatic heterocycles. The predicted octanol–water partition coefficient (Wildman–Crippen LogP) is 3.65. The number of benzene rings is 2. The minimum Gasteiger partial charge on any atom is -0.492 e. The van der Waals surface area contributed by atoms with Crippen LogP contribution in [0, 0.1) is 5.92 Å². The average Bonchev–Trinajstić information content (AvgIpc) is 2.80. The lowest BCUT2D eigenvalue weighted by molar-refractivity contribution is -0.126. The van der Waals surface area contributed by atoms with Crippen molar-refractivity contribution in [1.29, 1.82) is 0 Å². The molecule has 0 unspecified atom stereocenters. The lowest BCUT2D eigenvalue weighted by Crippen LogP contribution is -2.41. The Morgan fingerprint density at radius 1 is 1.09 bits per heavy atom. The normalized spacial score (nSPS) is 15.5. The van der Waals surface area contributed by atoms with Gasteiger partial charge in [0.1, 0.15) is 12.4 Å². The molecule has 1 aliphatic heterocycles. The number of carbonyl (C=O) groups is 1. The highest BCUT2D eigenvalue weighted by Gasteiger charge is 2.25. The van der Waals surface area contributed by atoms with Crippen LogP contribution < -0.4 is 10.1 Å². The van der Waals surface area contributed by atoms with Gasteiger partial charge in [-0.25, -0.2) is 12.7 Å².